The summed E-state index contributed by atoms with van der Waals surface area (Å²) >= 11 is 3.39. The molecule has 0 amide bonds. The molecular weight excluding hydrogens is 260 g/mol. The molecular formula is C11H13BrO3. The summed E-state index contributed by atoms with van der Waals surface area (Å²) in [5.74, 6) is 1.42. The first kappa shape index (κ1) is 12.0. The lowest BCUT2D eigenvalue weighted by Crippen LogP contribution is -1.99. The maximum atomic E-state index is 10.5. The van der Waals surface area contributed by atoms with Crippen LogP contribution in [0.3, 0.4) is 0 Å². The third-order valence-electron chi connectivity index (χ3n) is 1.92. The number of methoxy groups -OCH3 is 1. The minimum Gasteiger partial charge on any atom is -0.497 e. The van der Waals surface area contributed by atoms with Crippen LogP contribution in [-0.2, 0) is 11.2 Å². The number of aldehydes is 1. The van der Waals surface area contributed by atoms with E-state index in [-0.39, 0.29) is 0 Å². The van der Waals surface area contributed by atoms with Gasteiger partial charge in [-0.3, -0.25) is 0 Å². The Labute approximate surface area is 97.5 Å². The number of benzene rings is 1. The van der Waals surface area contributed by atoms with E-state index >= 15 is 0 Å². The minimum absolute atomic E-state index is 0.325. The van der Waals surface area contributed by atoms with Gasteiger partial charge in [0.25, 0.3) is 0 Å². The highest BCUT2D eigenvalue weighted by Gasteiger charge is 2.10. The third-order valence-corrected chi connectivity index (χ3v) is 2.51. The SMILES string of the molecule is CCOc1c(Br)cc(OC)cc1CC=O. The smallest absolute Gasteiger partial charge is 0.137 e. The van der Waals surface area contributed by atoms with Crippen LogP contribution in [0.4, 0.5) is 0 Å². The summed E-state index contributed by atoms with van der Waals surface area (Å²) in [5, 5.41) is 0. The van der Waals surface area contributed by atoms with Crippen molar-refractivity contribution >= 4 is 22.2 Å². The lowest BCUT2D eigenvalue weighted by Gasteiger charge is -2.12. The molecule has 1 aromatic carbocycles. The number of carbonyl (C=O) groups is 1. The van der Waals surface area contributed by atoms with E-state index in [9.17, 15) is 4.79 Å². The van der Waals surface area contributed by atoms with Gasteiger partial charge >= 0.3 is 0 Å². The predicted octanol–water partition coefficient (Wildman–Crippen LogP) is 2.60. The largest absolute Gasteiger partial charge is 0.497 e. The third kappa shape index (κ3) is 2.96. The van der Waals surface area contributed by atoms with Crippen LogP contribution >= 0.6 is 15.9 Å². The fourth-order valence-corrected chi connectivity index (χ4v) is 1.88. The lowest BCUT2D eigenvalue weighted by molar-refractivity contribution is -0.107. The maximum Gasteiger partial charge on any atom is 0.137 e. The second kappa shape index (κ2) is 5.75. The molecule has 0 fully saturated rings. The fourth-order valence-electron chi connectivity index (χ4n) is 1.29. The first-order valence-electron chi connectivity index (χ1n) is 4.65. The molecule has 1 rings (SSSR count). The predicted molar refractivity (Wildman–Crippen MR) is 61.6 cm³/mol. The van der Waals surface area contributed by atoms with Crippen molar-refractivity contribution in [3.63, 3.8) is 0 Å². The molecule has 3 nitrogen and oxygen atoms in total. The Morgan fingerprint density at radius 3 is 2.73 bits per heavy atom. The second-order valence-electron chi connectivity index (χ2n) is 2.90. The molecule has 0 atom stereocenters. The summed E-state index contributed by atoms with van der Waals surface area (Å²) in [5.41, 5.74) is 0.832. The number of hydrogen-bond acceptors (Lipinski definition) is 3. The molecule has 0 aliphatic rings. The molecule has 0 unspecified atom stereocenters. The summed E-state index contributed by atoms with van der Waals surface area (Å²) in [6, 6.07) is 3.63. The first-order valence-corrected chi connectivity index (χ1v) is 5.45. The lowest BCUT2D eigenvalue weighted by atomic mass is 10.1. The van der Waals surface area contributed by atoms with Crippen LogP contribution in [0.5, 0.6) is 11.5 Å². The molecule has 0 aromatic heterocycles. The van der Waals surface area contributed by atoms with Crippen molar-refractivity contribution in [1.29, 1.82) is 0 Å². The van der Waals surface area contributed by atoms with Gasteiger partial charge in [-0.25, -0.2) is 0 Å². The van der Waals surface area contributed by atoms with Crippen molar-refractivity contribution in [2.75, 3.05) is 13.7 Å². The summed E-state index contributed by atoms with van der Waals surface area (Å²) in [6.07, 6.45) is 1.18. The first-order chi connectivity index (χ1) is 7.22. The Morgan fingerprint density at radius 2 is 2.20 bits per heavy atom. The summed E-state index contributed by atoms with van der Waals surface area (Å²) in [7, 11) is 1.59. The highest BCUT2D eigenvalue weighted by Crippen LogP contribution is 2.33. The van der Waals surface area contributed by atoms with Gasteiger partial charge in [-0.05, 0) is 35.0 Å². The highest BCUT2D eigenvalue weighted by molar-refractivity contribution is 9.10. The standard InChI is InChI=1S/C11H13BrO3/c1-3-15-11-8(4-5-13)6-9(14-2)7-10(11)12/h5-7H,3-4H2,1-2H3. The Balaban J connectivity index is 3.15. The number of halogens is 1. The van der Waals surface area contributed by atoms with Crippen molar-refractivity contribution in [3.8, 4) is 11.5 Å². The topological polar surface area (TPSA) is 35.5 Å². The van der Waals surface area contributed by atoms with Gasteiger partial charge in [0.1, 0.15) is 17.8 Å². The van der Waals surface area contributed by atoms with Crippen molar-refractivity contribution in [2.45, 2.75) is 13.3 Å². The van der Waals surface area contributed by atoms with E-state index < -0.39 is 0 Å². The number of rotatable bonds is 5. The van der Waals surface area contributed by atoms with Gasteiger partial charge in [-0.15, -0.1) is 0 Å². The molecule has 0 heterocycles. The molecule has 0 N–H and O–H groups in total. The second-order valence-corrected chi connectivity index (χ2v) is 3.76. The zero-order valence-electron chi connectivity index (χ0n) is 8.75. The molecule has 15 heavy (non-hydrogen) atoms. The minimum atomic E-state index is 0.325. The van der Waals surface area contributed by atoms with Crippen molar-refractivity contribution in [2.24, 2.45) is 0 Å². The van der Waals surface area contributed by atoms with Gasteiger partial charge in [0.05, 0.1) is 18.2 Å². The van der Waals surface area contributed by atoms with E-state index in [1.807, 2.05) is 19.1 Å². The highest BCUT2D eigenvalue weighted by atomic mass is 79.9. The number of carbonyl (C=O) groups excluding carboxylic acids is 1. The average Bonchev–Trinajstić information content (AvgIpc) is 2.23. The van der Waals surface area contributed by atoms with E-state index in [4.69, 9.17) is 9.47 Å². The molecule has 4 heteroatoms. The molecule has 0 saturated heterocycles. The average molecular weight is 273 g/mol. The monoisotopic (exact) mass is 272 g/mol. The molecule has 0 radical (unpaired) electrons. The Bertz CT molecular complexity index is 350. The van der Waals surface area contributed by atoms with Crippen LogP contribution in [0.25, 0.3) is 0 Å². The summed E-state index contributed by atoms with van der Waals surface area (Å²) in [6.45, 7) is 2.47. The van der Waals surface area contributed by atoms with Crippen molar-refractivity contribution in [3.05, 3.63) is 22.2 Å². The van der Waals surface area contributed by atoms with Gasteiger partial charge in [0, 0.05) is 12.0 Å². The van der Waals surface area contributed by atoms with Crippen LogP contribution in [0.15, 0.2) is 16.6 Å². The Hall–Kier alpha value is -1.03. The van der Waals surface area contributed by atoms with Crippen LogP contribution in [-0.4, -0.2) is 20.0 Å². The Kier molecular flexibility index (Phi) is 4.62. The van der Waals surface area contributed by atoms with Gasteiger partial charge in [-0.1, -0.05) is 0 Å². The molecule has 1 aromatic rings. The van der Waals surface area contributed by atoms with Gasteiger partial charge < -0.3 is 14.3 Å². The van der Waals surface area contributed by atoms with Gasteiger partial charge in [0.2, 0.25) is 0 Å². The van der Waals surface area contributed by atoms with Crippen LogP contribution in [0.1, 0.15) is 12.5 Å². The molecule has 82 valence electrons. The fraction of sp³-hybridized carbons (Fsp3) is 0.364. The van der Waals surface area contributed by atoms with E-state index in [1.165, 1.54) is 0 Å². The zero-order valence-corrected chi connectivity index (χ0v) is 10.3. The molecule has 0 aliphatic heterocycles. The normalized spacial score (nSPS) is 9.80. The number of hydrogen-bond donors (Lipinski definition) is 0. The van der Waals surface area contributed by atoms with E-state index in [1.54, 1.807) is 7.11 Å². The number of ether oxygens (including phenoxy) is 2. The molecule has 0 saturated carbocycles. The van der Waals surface area contributed by atoms with E-state index in [2.05, 4.69) is 15.9 Å². The Morgan fingerprint density at radius 1 is 1.47 bits per heavy atom. The van der Waals surface area contributed by atoms with E-state index in [0.717, 1.165) is 16.3 Å². The maximum absolute atomic E-state index is 10.5. The van der Waals surface area contributed by atoms with Crippen LogP contribution < -0.4 is 9.47 Å². The van der Waals surface area contributed by atoms with Crippen LogP contribution in [0.2, 0.25) is 0 Å². The molecule has 0 bridgehead atoms. The van der Waals surface area contributed by atoms with Gasteiger partial charge in [0.15, 0.2) is 0 Å². The molecule has 0 spiro atoms. The van der Waals surface area contributed by atoms with Crippen LogP contribution in [0, 0.1) is 0 Å². The summed E-state index contributed by atoms with van der Waals surface area (Å²) < 4.78 is 11.4. The van der Waals surface area contributed by atoms with Crippen molar-refractivity contribution < 1.29 is 14.3 Å². The quantitative estimate of drug-likeness (QED) is 0.773. The van der Waals surface area contributed by atoms with E-state index in [0.29, 0.717) is 24.5 Å². The van der Waals surface area contributed by atoms with Gasteiger partial charge in [-0.2, -0.15) is 0 Å². The molecule has 0 aliphatic carbocycles. The zero-order chi connectivity index (χ0) is 11.3. The van der Waals surface area contributed by atoms with Crippen molar-refractivity contribution in [1.82, 2.24) is 0 Å². The summed E-state index contributed by atoms with van der Waals surface area (Å²) in [4.78, 5) is 10.5.